The first kappa shape index (κ1) is 11.5. The normalized spacial score (nSPS) is 17.8. The second-order valence-electron chi connectivity index (χ2n) is 4.68. The van der Waals surface area contributed by atoms with Crippen molar-refractivity contribution in [1.29, 1.82) is 0 Å². The van der Waals surface area contributed by atoms with E-state index in [-0.39, 0.29) is 0 Å². The highest BCUT2D eigenvalue weighted by Gasteiger charge is 2.19. The molecular formula is C12H22N4. The Bertz CT molecular complexity index is 326. The van der Waals surface area contributed by atoms with Crippen molar-refractivity contribution in [1.82, 2.24) is 9.78 Å². The maximum Gasteiger partial charge on any atom is 0.125 e. The van der Waals surface area contributed by atoms with Gasteiger partial charge in [0.1, 0.15) is 5.82 Å². The molecule has 1 aromatic heterocycles. The second kappa shape index (κ2) is 5.34. The van der Waals surface area contributed by atoms with Crippen LogP contribution in [-0.2, 0) is 6.42 Å². The molecule has 1 saturated carbocycles. The van der Waals surface area contributed by atoms with Crippen LogP contribution in [0.5, 0.6) is 0 Å². The molecule has 1 aromatic rings. The number of aryl methyl sites for hydroxylation is 1. The summed E-state index contributed by atoms with van der Waals surface area (Å²) in [4.78, 5) is 0. The lowest BCUT2D eigenvalue weighted by molar-refractivity contribution is 0.333. The fourth-order valence-electron chi connectivity index (χ4n) is 2.51. The third-order valence-corrected chi connectivity index (χ3v) is 3.48. The van der Waals surface area contributed by atoms with Crippen LogP contribution in [-0.4, -0.2) is 16.3 Å². The van der Waals surface area contributed by atoms with Crippen molar-refractivity contribution in [3.8, 4) is 0 Å². The van der Waals surface area contributed by atoms with E-state index < -0.39 is 0 Å². The molecule has 1 aliphatic carbocycles. The molecule has 4 heteroatoms. The summed E-state index contributed by atoms with van der Waals surface area (Å²) >= 11 is 0. The Morgan fingerprint density at radius 1 is 1.31 bits per heavy atom. The van der Waals surface area contributed by atoms with Crippen molar-refractivity contribution >= 4 is 5.82 Å². The number of hydrogen-bond donors (Lipinski definition) is 2. The van der Waals surface area contributed by atoms with Gasteiger partial charge in [0, 0.05) is 5.56 Å². The highest BCUT2D eigenvalue weighted by molar-refractivity contribution is 5.39. The molecule has 0 atom stereocenters. The van der Waals surface area contributed by atoms with Gasteiger partial charge < -0.3 is 11.5 Å². The number of nitrogens with zero attached hydrogens (tertiary/aromatic N) is 2. The average Bonchev–Trinajstić information content (AvgIpc) is 2.69. The number of rotatable bonds is 4. The summed E-state index contributed by atoms with van der Waals surface area (Å²) in [5, 5.41) is 4.44. The van der Waals surface area contributed by atoms with Crippen molar-refractivity contribution in [2.24, 2.45) is 5.73 Å². The Balaban J connectivity index is 2.06. The summed E-state index contributed by atoms with van der Waals surface area (Å²) in [6.45, 7) is 0.716. The Labute approximate surface area is 97.0 Å². The van der Waals surface area contributed by atoms with E-state index in [1.807, 2.05) is 10.9 Å². The Hall–Kier alpha value is -1.03. The first-order valence-corrected chi connectivity index (χ1v) is 6.35. The van der Waals surface area contributed by atoms with Crippen molar-refractivity contribution in [2.75, 3.05) is 12.3 Å². The summed E-state index contributed by atoms with van der Waals surface area (Å²) < 4.78 is 2.03. The van der Waals surface area contributed by atoms with Gasteiger partial charge >= 0.3 is 0 Å². The predicted octanol–water partition coefficient (Wildman–Crippen LogP) is 1.86. The zero-order valence-corrected chi connectivity index (χ0v) is 9.86. The lowest BCUT2D eigenvalue weighted by atomic mass is 9.95. The molecule has 1 heterocycles. The van der Waals surface area contributed by atoms with Gasteiger partial charge in [-0.3, -0.25) is 0 Å². The van der Waals surface area contributed by atoms with Gasteiger partial charge in [-0.1, -0.05) is 19.3 Å². The van der Waals surface area contributed by atoms with E-state index in [1.54, 1.807) is 0 Å². The largest absolute Gasteiger partial charge is 0.384 e. The van der Waals surface area contributed by atoms with Crippen LogP contribution < -0.4 is 11.5 Å². The molecule has 0 radical (unpaired) electrons. The number of nitrogen functional groups attached to an aromatic ring is 1. The van der Waals surface area contributed by atoms with E-state index in [2.05, 4.69) is 5.10 Å². The second-order valence-corrected chi connectivity index (χ2v) is 4.68. The SMILES string of the molecule is NCCCc1cnn(C2CCCCC2)c1N. The van der Waals surface area contributed by atoms with E-state index in [9.17, 15) is 0 Å². The number of aromatic nitrogens is 2. The zero-order valence-electron chi connectivity index (χ0n) is 9.86. The molecule has 4 N–H and O–H groups in total. The van der Waals surface area contributed by atoms with Crippen molar-refractivity contribution in [2.45, 2.75) is 51.0 Å². The Morgan fingerprint density at radius 2 is 2.06 bits per heavy atom. The molecule has 2 rings (SSSR count). The maximum absolute atomic E-state index is 6.13. The summed E-state index contributed by atoms with van der Waals surface area (Å²) in [7, 11) is 0. The van der Waals surface area contributed by atoms with Crippen LogP contribution in [0, 0.1) is 0 Å². The lowest BCUT2D eigenvalue weighted by Gasteiger charge is -2.23. The van der Waals surface area contributed by atoms with Crippen LogP contribution in [0.4, 0.5) is 5.82 Å². The molecule has 0 aliphatic heterocycles. The fraction of sp³-hybridized carbons (Fsp3) is 0.750. The first-order valence-electron chi connectivity index (χ1n) is 6.35. The molecule has 0 aromatic carbocycles. The van der Waals surface area contributed by atoms with E-state index in [0.29, 0.717) is 12.6 Å². The van der Waals surface area contributed by atoms with E-state index >= 15 is 0 Å². The average molecular weight is 222 g/mol. The van der Waals surface area contributed by atoms with Crippen LogP contribution in [0.15, 0.2) is 6.20 Å². The van der Waals surface area contributed by atoms with Crippen LogP contribution in [0.1, 0.15) is 50.1 Å². The lowest BCUT2D eigenvalue weighted by Crippen LogP contribution is -2.16. The molecule has 1 fully saturated rings. The van der Waals surface area contributed by atoms with E-state index in [0.717, 1.165) is 24.2 Å². The fourth-order valence-corrected chi connectivity index (χ4v) is 2.51. The smallest absolute Gasteiger partial charge is 0.125 e. The predicted molar refractivity (Wildman–Crippen MR) is 66.1 cm³/mol. The zero-order chi connectivity index (χ0) is 11.4. The molecule has 4 nitrogen and oxygen atoms in total. The van der Waals surface area contributed by atoms with Crippen LogP contribution in [0.3, 0.4) is 0 Å². The Kier molecular flexibility index (Phi) is 3.83. The summed E-state index contributed by atoms with van der Waals surface area (Å²) in [6, 6.07) is 0.528. The van der Waals surface area contributed by atoms with Gasteiger partial charge in [0.15, 0.2) is 0 Å². The minimum atomic E-state index is 0.528. The molecule has 16 heavy (non-hydrogen) atoms. The topological polar surface area (TPSA) is 69.9 Å². The third-order valence-electron chi connectivity index (χ3n) is 3.48. The molecule has 0 bridgehead atoms. The maximum atomic E-state index is 6.13. The van der Waals surface area contributed by atoms with Crippen LogP contribution >= 0.6 is 0 Å². The molecule has 0 amide bonds. The highest BCUT2D eigenvalue weighted by atomic mass is 15.3. The van der Waals surface area contributed by atoms with Crippen LogP contribution in [0.25, 0.3) is 0 Å². The summed E-state index contributed by atoms with van der Waals surface area (Å²) in [5.41, 5.74) is 12.8. The summed E-state index contributed by atoms with van der Waals surface area (Å²) in [5.74, 6) is 0.861. The quantitative estimate of drug-likeness (QED) is 0.817. The molecule has 0 saturated heterocycles. The molecule has 90 valence electrons. The van der Waals surface area contributed by atoms with Gasteiger partial charge in [-0.15, -0.1) is 0 Å². The van der Waals surface area contributed by atoms with Crippen molar-refractivity contribution in [3.63, 3.8) is 0 Å². The van der Waals surface area contributed by atoms with E-state index in [4.69, 9.17) is 11.5 Å². The van der Waals surface area contributed by atoms with Crippen molar-refractivity contribution < 1.29 is 0 Å². The molecule has 1 aliphatic rings. The Morgan fingerprint density at radius 3 is 2.75 bits per heavy atom. The number of hydrogen-bond acceptors (Lipinski definition) is 3. The highest BCUT2D eigenvalue weighted by Crippen LogP contribution is 2.30. The van der Waals surface area contributed by atoms with Gasteiger partial charge in [0.05, 0.1) is 12.2 Å². The first-order chi connectivity index (χ1) is 7.83. The molecular weight excluding hydrogens is 200 g/mol. The monoisotopic (exact) mass is 222 g/mol. The van der Waals surface area contributed by atoms with Crippen molar-refractivity contribution in [3.05, 3.63) is 11.8 Å². The number of nitrogens with two attached hydrogens (primary N) is 2. The van der Waals surface area contributed by atoms with Gasteiger partial charge in [-0.25, -0.2) is 4.68 Å². The van der Waals surface area contributed by atoms with Gasteiger partial charge in [-0.2, -0.15) is 5.10 Å². The number of anilines is 1. The van der Waals surface area contributed by atoms with Gasteiger partial charge in [-0.05, 0) is 32.2 Å². The third kappa shape index (κ3) is 2.38. The summed E-state index contributed by atoms with van der Waals surface area (Å²) in [6.07, 6.45) is 10.3. The van der Waals surface area contributed by atoms with Crippen LogP contribution in [0.2, 0.25) is 0 Å². The van der Waals surface area contributed by atoms with Gasteiger partial charge in [0.25, 0.3) is 0 Å². The molecule has 0 spiro atoms. The van der Waals surface area contributed by atoms with Gasteiger partial charge in [0.2, 0.25) is 0 Å². The standard InChI is InChI=1S/C12H22N4/c13-8-4-5-10-9-15-16(12(10)14)11-6-2-1-3-7-11/h9,11H,1-8,13-14H2. The minimum Gasteiger partial charge on any atom is -0.384 e. The minimum absolute atomic E-state index is 0.528. The van der Waals surface area contributed by atoms with E-state index in [1.165, 1.54) is 32.1 Å². The molecule has 0 unspecified atom stereocenters.